The molecular weight excluding hydrogens is 1310 g/mol. The minimum Gasteiger partial charge on any atom is -0.462 e. The first-order valence-corrected chi connectivity index (χ1v) is 44.7. The lowest BCUT2D eigenvalue weighted by atomic mass is 9.99. The molecule has 0 rings (SSSR count). The minimum absolute atomic E-state index is 0.106. The summed E-state index contributed by atoms with van der Waals surface area (Å²) in [5.74, 6) is 0.975. The number of rotatable bonds is 78. The number of hydrogen-bond donors (Lipinski definition) is 3. The minimum atomic E-state index is -4.96. The average molecular weight is 1470 g/mol. The maximum absolute atomic E-state index is 13.1. The van der Waals surface area contributed by atoms with Crippen molar-refractivity contribution < 1.29 is 80.2 Å². The Balaban J connectivity index is 5.19. The summed E-state index contributed by atoms with van der Waals surface area (Å²) in [6, 6.07) is 0. The van der Waals surface area contributed by atoms with E-state index in [0.717, 1.165) is 114 Å². The highest BCUT2D eigenvalue weighted by atomic mass is 31.2. The van der Waals surface area contributed by atoms with Crippen LogP contribution in [0.15, 0.2) is 0 Å². The topological polar surface area (TPSA) is 237 Å². The van der Waals surface area contributed by atoms with Gasteiger partial charge in [-0.05, 0) is 49.4 Å². The molecule has 3 N–H and O–H groups in total. The second-order valence-corrected chi connectivity index (χ2v) is 33.7. The fourth-order valence-electron chi connectivity index (χ4n) is 12.4. The molecule has 0 bridgehead atoms. The molecule has 0 aliphatic carbocycles. The zero-order valence-corrected chi connectivity index (χ0v) is 67.6. The van der Waals surface area contributed by atoms with Gasteiger partial charge in [-0.15, -0.1) is 0 Å². The number of phosphoric acid groups is 2. The molecule has 100 heavy (non-hydrogen) atoms. The summed E-state index contributed by atoms with van der Waals surface area (Å²) in [4.78, 5) is 73.0. The molecule has 0 aliphatic heterocycles. The van der Waals surface area contributed by atoms with Gasteiger partial charge < -0.3 is 33.8 Å². The van der Waals surface area contributed by atoms with Crippen molar-refractivity contribution in [2.45, 2.75) is 433 Å². The van der Waals surface area contributed by atoms with E-state index in [-0.39, 0.29) is 25.7 Å². The molecule has 6 atom stereocenters. The maximum Gasteiger partial charge on any atom is 0.472 e. The van der Waals surface area contributed by atoms with Crippen molar-refractivity contribution in [2.24, 2.45) is 23.7 Å². The van der Waals surface area contributed by atoms with E-state index in [4.69, 9.17) is 37.0 Å². The summed E-state index contributed by atoms with van der Waals surface area (Å²) in [5.41, 5.74) is 0. The van der Waals surface area contributed by atoms with Crippen LogP contribution in [0.1, 0.15) is 415 Å². The number of hydrogen-bond acceptors (Lipinski definition) is 15. The van der Waals surface area contributed by atoms with E-state index in [1.54, 1.807) is 0 Å². The van der Waals surface area contributed by atoms with Crippen molar-refractivity contribution in [1.82, 2.24) is 0 Å². The number of carbonyl (C=O) groups excluding carboxylic acids is 4. The fraction of sp³-hybridized carbons (Fsp3) is 0.951. The number of aliphatic hydroxyl groups excluding tert-OH is 1. The van der Waals surface area contributed by atoms with Crippen LogP contribution in [0.5, 0.6) is 0 Å². The summed E-state index contributed by atoms with van der Waals surface area (Å²) in [6.45, 7) is 14.2. The fourth-order valence-corrected chi connectivity index (χ4v) is 14.0. The summed E-state index contributed by atoms with van der Waals surface area (Å²) < 4.78 is 68.7. The molecule has 594 valence electrons. The first kappa shape index (κ1) is 98.1. The van der Waals surface area contributed by atoms with Gasteiger partial charge in [0.05, 0.1) is 26.4 Å². The van der Waals surface area contributed by atoms with Crippen LogP contribution < -0.4 is 0 Å². The van der Waals surface area contributed by atoms with Crippen LogP contribution >= 0.6 is 15.6 Å². The Morgan fingerprint density at radius 3 is 0.710 bits per heavy atom. The first-order valence-electron chi connectivity index (χ1n) is 41.7. The van der Waals surface area contributed by atoms with Crippen molar-refractivity contribution in [3.8, 4) is 0 Å². The van der Waals surface area contributed by atoms with Crippen LogP contribution in [0, 0.1) is 23.7 Å². The van der Waals surface area contributed by atoms with Gasteiger partial charge in [0, 0.05) is 25.7 Å². The number of esters is 4. The second-order valence-electron chi connectivity index (χ2n) is 30.8. The molecule has 0 fully saturated rings. The van der Waals surface area contributed by atoms with Gasteiger partial charge in [-0.2, -0.15) is 0 Å². The van der Waals surface area contributed by atoms with Crippen molar-refractivity contribution in [3.05, 3.63) is 0 Å². The molecule has 17 nitrogen and oxygen atoms in total. The van der Waals surface area contributed by atoms with Crippen molar-refractivity contribution >= 4 is 39.5 Å². The molecule has 0 radical (unpaired) electrons. The molecule has 0 aliphatic rings. The molecule has 0 aromatic heterocycles. The molecule has 0 heterocycles. The van der Waals surface area contributed by atoms with E-state index in [1.165, 1.54) is 212 Å². The number of phosphoric ester groups is 2. The third-order valence-electron chi connectivity index (χ3n) is 19.2. The molecule has 0 aromatic rings. The van der Waals surface area contributed by atoms with E-state index < -0.39 is 97.5 Å². The van der Waals surface area contributed by atoms with Crippen LogP contribution in [-0.4, -0.2) is 96.7 Å². The summed E-state index contributed by atoms with van der Waals surface area (Å²) in [5, 5.41) is 10.6. The van der Waals surface area contributed by atoms with E-state index >= 15 is 0 Å². The molecular formula is C81H158O17P2. The Kier molecular flexibility index (Phi) is 68.7. The molecule has 19 heteroatoms. The third-order valence-corrected chi connectivity index (χ3v) is 21.1. The van der Waals surface area contributed by atoms with Gasteiger partial charge in [0.15, 0.2) is 12.2 Å². The maximum atomic E-state index is 13.1. The number of carbonyl (C=O) groups is 4. The highest BCUT2D eigenvalue weighted by Gasteiger charge is 2.30. The van der Waals surface area contributed by atoms with E-state index in [2.05, 4.69) is 55.4 Å². The average Bonchev–Trinajstić information content (AvgIpc) is 0.935. The van der Waals surface area contributed by atoms with Gasteiger partial charge in [-0.3, -0.25) is 37.3 Å². The third kappa shape index (κ3) is 73.0. The molecule has 0 saturated heterocycles. The van der Waals surface area contributed by atoms with Gasteiger partial charge >= 0.3 is 39.5 Å². The second kappa shape index (κ2) is 70.1. The monoisotopic (exact) mass is 1470 g/mol. The van der Waals surface area contributed by atoms with Crippen molar-refractivity contribution in [3.63, 3.8) is 0 Å². The zero-order chi connectivity index (χ0) is 73.8. The molecule has 3 unspecified atom stereocenters. The highest BCUT2D eigenvalue weighted by Crippen LogP contribution is 2.45. The Morgan fingerprint density at radius 1 is 0.280 bits per heavy atom. The molecule has 0 spiro atoms. The molecule has 0 aromatic carbocycles. The van der Waals surface area contributed by atoms with E-state index in [9.17, 15) is 43.2 Å². The van der Waals surface area contributed by atoms with Gasteiger partial charge in [-0.25, -0.2) is 9.13 Å². The predicted octanol–water partition coefficient (Wildman–Crippen LogP) is 24.0. The Morgan fingerprint density at radius 2 is 0.480 bits per heavy atom. The van der Waals surface area contributed by atoms with Gasteiger partial charge in [-0.1, -0.05) is 364 Å². The molecule has 0 amide bonds. The normalized spacial score (nSPS) is 14.3. The summed E-state index contributed by atoms with van der Waals surface area (Å²) in [6.07, 6.45) is 57.1. The largest absolute Gasteiger partial charge is 0.472 e. The summed E-state index contributed by atoms with van der Waals surface area (Å²) >= 11 is 0. The van der Waals surface area contributed by atoms with E-state index in [0.29, 0.717) is 31.6 Å². The standard InChI is InChI=1S/C81H158O17P2/c1-9-74(8)60-52-44-35-29-25-26-32-38-48-56-64-81(86)97-76(67-91-78(83)61-53-45-36-30-23-19-15-13-11-10-12-14-17-21-27-33-41-49-57-71(2)3)69-95-99(87,88)93-65-75(82)66-94-100(89,90)96-70-77(68-92-79(84)62-54-46-40-39-43-51-59-73(6)7)98-80(85)63-55-47-37-31-24-20-16-18-22-28-34-42-50-58-72(4)5/h71-77,82H,9-70H2,1-8H3,(H,87,88)(H,89,90)/t74?,75-,76-,77-/m1/s1. The lowest BCUT2D eigenvalue weighted by molar-refractivity contribution is -0.161. The van der Waals surface area contributed by atoms with Crippen LogP contribution in [0.4, 0.5) is 0 Å². The Hall–Kier alpha value is -1.94. The SMILES string of the molecule is CCC(C)CCCCCCCCCCCCC(=O)O[C@H](COC(=O)CCCCCCCCCCCCCCCCCCCCC(C)C)COP(=O)(O)OC[C@@H](O)COP(=O)(O)OC[C@@H](COC(=O)CCCCCCCCC(C)C)OC(=O)CCCCCCCCCCCCCCCC(C)C. The number of ether oxygens (including phenoxy) is 4. The van der Waals surface area contributed by atoms with Crippen LogP contribution in [0.2, 0.25) is 0 Å². The first-order chi connectivity index (χ1) is 48.1. The van der Waals surface area contributed by atoms with Crippen molar-refractivity contribution in [1.29, 1.82) is 0 Å². The predicted molar refractivity (Wildman–Crippen MR) is 409 cm³/mol. The molecule has 0 saturated carbocycles. The van der Waals surface area contributed by atoms with Gasteiger partial charge in [0.2, 0.25) is 0 Å². The summed E-state index contributed by atoms with van der Waals surface area (Å²) in [7, 11) is -9.92. The lowest BCUT2D eigenvalue weighted by Crippen LogP contribution is -2.30. The lowest BCUT2D eigenvalue weighted by Gasteiger charge is -2.21. The highest BCUT2D eigenvalue weighted by molar-refractivity contribution is 7.47. The number of aliphatic hydroxyl groups is 1. The van der Waals surface area contributed by atoms with Crippen LogP contribution in [0.25, 0.3) is 0 Å². The smallest absolute Gasteiger partial charge is 0.462 e. The zero-order valence-electron chi connectivity index (χ0n) is 65.8. The quantitative estimate of drug-likeness (QED) is 0.0222. The van der Waals surface area contributed by atoms with E-state index in [1.807, 2.05) is 0 Å². The van der Waals surface area contributed by atoms with Crippen LogP contribution in [-0.2, 0) is 65.4 Å². The number of unbranched alkanes of at least 4 members (excludes halogenated alkanes) is 43. The van der Waals surface area contributed by atoms with Crippen LogP contribution in [0.3, 0.4) is 0 Å². The van der Waals surface area contributed by atoms with Crippen molar-refractivity contribution in [2.75, 3.05) is 39.6 Å². The van der Waals surface area contributed by atoms with Gasteiger partial charge in [0.25, 0.3) is 0 Å². The Labute approximate surface area is 613 Å². The Bertz CT molecular complexity index is 1960. The van der Waals surface area contributed by atoms with Gasteiger partial charge in [0.1, 0.15) is 19.3 Å².